The van der Waals surface area contributed by atoms with Crippen LogP contribution < -0.4 is 10.1 Å². The Morgan fingerprint density at radius 1 is 1.13 bits per heavy atom. The first-order chi connectivity index (χ1) is 14.5. The van der Waals surface area contributed by atoms with Crippen molar-refractivity contribution in [3.05, 3.63) is 80.9 Å². The van der Waals surface area contributed by atoms with Crippen LogP contribution in [0.2, 0.25) is 0 Å². The van der Waals surface area contributed by atoms with Gasteiger partial charge >= 0.3 is 0 Å². The van der Waals surface area contributed by atoms with Crippen molar-refractivity contribution in [2.24, 2.45) is 4.99 Å². The van der Waals surface area contributed by atoms with Crippen LogP contribution in [0, 0.1) is 13.8 Å². The van der Waals surface area contributed by atoms with Gasteiger partial charge in [0.15, 0.2) is 5.17 Å². The lowest BCUT2D eigenvalue weighted by Crippen LogP contribution is -2.19. The number of amides is 1. The van der Waals surface area contributed by atoms with E-state index in [0.29, 0.717) is 10.1 Å². The first-order valence-electron chi connectivity index (χ1n) is 9.34. The lowest BCUT2D eigenvalue weighted by Gasteiger charge is -2.11. The number of halogens is 1. The van der Waals surface area contributed by atoms with Gasteiger partial charge in [0.2, 0.25) is 0 Å². The number of ether oxygens (including phenoxy) is 1. The van der Waals surface area contributed by atoms with Gasteiger partial charge < -0.3 is 14.6 Å². The largest absolute Gasteiger partial charge is 0.497 e. The topological polar surface area (TPSA) is 55.6 Å². The molecule has 5 nitrogen and oxygen atoms in total. The number of hydrogen-bond acceptors (Lipinski definition) is 4. The van der Waals surface area contributed by atoms with Crippen molar-refractivity contribution in [1.82, 2.24) is 9.88 Å². The number of para-hydroxylation sites is 1. The summed E-state index contributed by atoms with van der Waals surface area (Å²) in [5, 5.41) is 3.41. The summed E-state index contributed by atoms with van der Waals surface area (Å²) in [6.07, 6.45) is 1.92. The van der Waals surface area contributed by atoms with Crippen LogP contribution in [0.5, 0.6) is 5.75 Å². The molecule has 3 aromatic rings. The highest BCUT2D eigenvalue weighted by atomic mass is 79.9. The van der Waals surface area contributed by atoms with E-state index < -0.39 is 0 Å². The lowest BCUT2D eigenvalue weighted by molar-refractivity contribution is -0.115. The van der Waals surface area contributed by atoms with Crippen LogP contribution in [0.4, 0.5) is 5.69 Å². The summed E-state index contributed by atoms with van der Waals surface area (Å²) in [5.74, 6) is 0.626. The number of rotatable bonds is 4. The first-order valence-corrected chi connectivity index (χ1v) is 10.9. The zero-order valence-electron chi connectivity index (χ0n) is 16.8. The molecule has 152 valence electrons. The second kappa shape index (κ2) is 8.53. The lowest BCUT2D eigenvalue weighted by atomic mass is 10.2. The highest BCUT2D eigenvalue weighted by Gasteiger charge is 2.24. The fourth-order valence-corrected chi connectivity index (χ4v) is 4.63. The molecule has 7 heteroatoms. The second-order valence-corrected chi connectivity index (χ2v) is 8.68. The van der Waals surface area contributed by atoms with E-state index in [1.807, 2.05) is 48.5 Å². The van der Waals surface area contributed by atoms with Gasteiger partial charge in [0, 0.05) is 15.9 Å². The molecular formula is C23H20BrN3O2S. The van der Waals surface area contributed by atoms with Gasteiger partial charge in [-0.05, 0) is 95.6 Å². The predicted octanol–water partition coefficient (Wildman–Crippen LogP) is 5.76. The van der Waals surface area contributed by atoms with Gasteiger partial charge in [0.05, 0.1) is 23.4 Å². The number of aliphatic imine (C=N–C) groups is 1. The van der Waals surface area contributed by atoms with Crippen LogP contribution in [0.15, 0.2) is 69.0 Å². The number of aromatic nitrogens is 1. The number of thioether (sulfide) groups is 1. The van der Waals surface area contributed by atoms with Gasteiger partial charge in [-0.2, -0.15) is 0 Å². The zero-order chi connectivity index (χ0) is 21.3. The summed E-state index contributed by atoms with van der Waals surface area (Å²) >= 11 is 4.97. The minimum atomic E-state index is -0.141. The Kier molecular flexibility index (Phi) is 5.83. The molecule has 0 unspecified atom stereocenters. The SMILES string of the molecule is COc1ccc(N=C2NC(=O)/C(=C\c3cc(C)n(-c4ccccc4Br)c3C)S2)cc1. The van der Waals surface area contributed by atoms with Crippen LogP contribution in [-0.4, -0.2) is 22.8 Å². The van der Waals surface area contributed by atoms with Gasteiger partial charge in [0.1, 0.15) is 5.75 Å². The maximum atomic E-state index is 12.5. The molecule has 1 N–H and O–H groups in total. The quantitative estimate of drug-likeness (QED) is 0.482. The zero-order valence-corrected chi connectivity index (χ0v) is 19.2. The maximum Gasteiger partial charge on any atom is 0.264 e. The van der Waals surface area contributed by atoms with Crippen LogP contribution in [0.25, 0.3) is 11.8 Å². The number of nitrogens with zero attached hydrogens (tertiary/aromatic N) is 2. The number of carbonyl (C=O) groups excluding carboxylic acids is 1. The van der Waals surface area contributed by atoms with Crippen molar-refractivity contribution in [1.29, 1.82) is 0 Å². The average molecular weight is 482 g/mol. The Morgan fingerprint density at radius 3 is 2.57 bits per heavy atom. The highest BCUT2D eigenvalue weighted by molar-refractivity contribution is 9.10. The van der Waals surface area contributed by atoms with E-state index in [1.165, 1.54) is 11.8 Å². The molecule has 0 atom stereocenters. The Labute approximate surface area is 188 Å². The molecule has 0 aliphatic carbocycles. The van der Waals surface area contributed by atoms with Crippen LogP contribution >= 0.6 is 27.7 Å². The van der Waals surface area contributed by atoms with E-state index in [4.69, 9.17) is 4.74 Å². The standard InChI is InChI=1S/C23H20BrN3O2S/c1-14-12-16(15(2)27(14)20-7-5-4-6-19(20)24)13-21-22(28)26-23(30-21)25-17-8-10-18(29-3)11-9-17/h4-13H,1-3H3,(H,25,26,28)/b21-13+. The number of carbonyl (C=O) groups is 1. The summed E-state index contributed by atoms with van der Waals surface area (Å²) in [6.45, 7) is 4.12. The van der Waals surface area contributed by atoms with Crippen molar-refractivity contribution >= 4 is 50.5 Å². The molecule has 0 spiro atoms. The van der Waals surface area contributed by atoms with Crippen LogP contribution in [-0.2, 0) is 4.79 Å². The number of hydrogen-bond donors (Lipinski definition) is 1. The van der Waals surface area contributed by atoms with E-state index in [0.717, 1.165) is 38.5 Å². The molecule has 1 fully saturated rings. The van der Waals surface area contributed by atoms with E-state index >= 15 is 0 Å². The van der Waals surface area contributed by atoms with Crippen LogP contribution in [0.3, 0.4) is 0 Å². The second-order valence-electron chi connectivity index (χ2n) is 6.79. The third kappa shape index (κ3) is 4.08. The molecule has 0 saturated carbocycles. The minimum absolute atomic E-state index is 0.141. The van der Waals surface area contributed by atoms with E-state index in [-0.39, 0.29) is 5.91 Å². The number of methoxy groups -OCH3 is 1. The van der Waals surface area contributed by atoms with Crippen LogP contribution in [0.1, 0.15) is 17.0 Å². The monoisotopic (exact) mass is 481 g/mol. The van der Waals surface area contributed by atoms with Gasteiger partial charge in [-0.1, -0.05) is 12.1 Å². The van der Waals surface area contributed by atoms with Gasteiger partial charge in [-0.25, -0.2) is 4.99 Å². The number of benzene rings is 2. The number of nitrogens with one attached hydrogen (secondary N) is 1. The van der Waals surface area contributed by atoms with Gasteiger partial charge in [0.25, 0.3) is 5.91 Å². The fourth-order valence-electron chi connectivity index (χ4n) is 3.33. The molecule has 1 aromatic heterocycles. The Hall–Kier alpha value is -2.77. The third-order valence-electron chi connectivity index (χ3n) is 4.80. The summed E-state index contributed by atoms with van der Waals surface area (Å²) in [4.78, 5) is 17.6. The van der Waals surface area contributed by atoms with Gasteiger partial charge in [-0.15, -0.1) is 0 Å². The van der Waals surface area contributed by atoms with Crippen molar-refractivity contribution in [3.63, 3.8) is 0 Å². The summed E-state index contributed by atoms with van der Waals surface area (Å²) in [7, 11) is 1.62. The molecule has 0 bridgehead atoms. The molecule has 0 radical (unpaired) electrons. The summed E-state index contributed by atoms with van der Waals surface area (Å²) in [5.41, 5.74) is 5.00. The smallest absolute Gasteiger partial charge is 0.264 e. The van der Waals surface area contributed by atoms with Gasteiger partial charge in [-0.3, -0.25) is 4.79 Å². The molecule has 4 rings (SSSR count). The number of aryl methyl sites for hydroxylation is 1. The Balaban J connectivity index is 1.62. The summed E-state index contributed by atoms with van der Waals surface area (Å²) < 4.78 is 8.37. The van der Waals surface area contributed by atoms with E-state index in [9.17, 15) is 4.79 Å². The molecule has 2 aromatic carbocycles. The number of amidine groups is 1. The third-order valence-corrected chi connectivity index (χ3v) is 6.38. The Morgan fingerprint density at radius 2 is 1.87 bits per heavy atom. The first kappa shape index (κ1) is 20.5. The maximum absolute atomic E-state index is 12.5. The molecule has 1 aliphatic heterocycles. The van der Waals surface area contributed by atoms with Crippen molar-refractivity contribution in [3.8, 4) is 11.4 Å². The van der Waals surface area contributed by atoms with Crippen molar-refractivity contribution in [2.45, 2.75) is 13.8 Å². The van der Waals surface area contributed by atoms with Crippen molar-refractivity contribution < 1.29 is 9.53 Å². The van der Waals surface area contributed by atoms with Crippen molar-refractivity contribution in [2.75, 3.05) is 7.11 Å². The average Bonchev–Trinajstić information content (AvgIpc) is 3.21. The van der Waals surface area contributed by atoms with E-state index in [1.54, 1.807) is 7.11 Å². The highest BCUT2D eigenvalue weighted by Crippen LogP contribution is 2.32. The molecule has 30 heavy (non-hydrogen) atoms. The molecule has 1 aliphatic rings. The normalized spacial score (nSPS) is 16.3. The molecule has 1 saturated heterocycles. The Bertz CT molecular complexity index is 1180. The minimum Gasteiger partial charge on any atom is -0.497 e. The molecule has 1 amide bonds. The predicted molar refractivity (Wildman–Crippen MR) is 127 cm³/mol. The molecule has 2 heterocycles. The fraction of sp³-hybridized carbons (Fsp3) is 0.130. The molecular weight excluding hydrogens is 462 g/mol. The van der Waals surface area contributed by atoms with E-state index in [2.05, 4.69) is 56.8 Å². The summed E-state index contributed by atoms with van der Waals surface area (Å²) in [6, 6.07) is 17.6.